The largest absolute Gasteiger partial charge is 0.508 e. The van der Waals surface area contributed by atoms with Crippen LogP contribution in [0.3, 0.4) is 0 Å². The lowest BCUT2D eigenvalue weighted by Gasteiger charge is -2.18. The fourth-order valence-electron chi connectivity index (χ4n) is 2.70. The van der Waals surface area contributed by atoms with Crippen LogP contribution in [0.1, 0.15) is 25.3 Å². The van der Waals surface area contributed by atoms with Gasteiger partial charge in [0, 0.05) is 10.6 Å². The Morgan fingerprint density at radius 1 is 1.21 bits per heavy atom. The van der Waals surface area contributed by atoms with Gasteiger partial charge in [-0.05, 0) is 50.0 Å². The van der Waals surface area contributed by atoms with E-state index in [1.807, 2.05) is 6.08 Å². The van der Waals surface area contributed by atoms with Crippen molar-refractivity contribution < 1.29 is 19.5 Å². The van der Waals surface area contributed by atoms with Gasteiger partial charge in [0.05, 0.1) is 12.6 Å². The first-order valence-corrected chi connectivity index (χ1v) is 9.35. The predicted octanol–water partition coefficient (Wildman–Crippen LogP) is 1.29. The molecule has 0 aliphatic heterocycles. The van der Waals surface area contributed by atoms with Crippen LogP contribution >= 0.6 is 11.6 Å². The third-order valence-corrected chi connectivity index (χ3v) is 4.71. The number of phenols is 1. The zero-order chi connectivity index (χ0) is 20.7. The molecule has 0 spiro atoms. The lowest BCUT2D eigenvalue weighted by atomic mass is 10.0. The van der Waals surface area contributed by atoms with Gasteiger partial charge in [-0.25, -0.2) is 0 Å². The third-order valence-electron chi connectivity index (χ3n) is 4.35. The normalized spacial score (nSPS) is 15.7. The molecule has 8 heteroatoms. The first-order valence-electron chi connectivity index (χ1n) is 8.98. The zero-order valence-electron chi connectivity index (χ0n) is 15.6. The molecule has 1 aromatic rings. The van der Waals surface area contributed by atoms with Crippen LogP contribution in [0, 0.1) is 0 Å². The van der Waals surface area contributed by atoms with Crippen LogP contribution in [0.15, 0.2) is 47.0 Å². The van der Waals surface area contributed by atoms with Crippen molar-refractivity contribution in [2.45, 2.75) is 38.3 Å². The van der Waals surface area contributed by atoms with Crippen LogP contribution in [0.5, 0.6) is 5.75 Å². The first-order chi connectivity index (χ1) is 13.3. The Morgan fingerprint density at radius 2 is 1.89 bits per heavy atom. The lowest BCUT2D eigenvalue weighted by Crippen LogP contribution is -2.51. The molecule has 1 aliphatic carbocycles. The Balaban J connectivity index is 1.80. The maximum absolute atomic E-state index is 12.2. The summed E-state index contributed by atoms with van der Waals surface area (Å²) < 4.78 is 0. The van der Waals surface area contributed by atoms with Crippen molar-refractivity contribution in [1.82, 2.24) is 10.6 Å². The summed E-state index contributed by atoms with van der Waals surface area (Å²) in [6.07, 6.45) is 5.10. The van der Waals surface area contributed by atoms with Gasteiger partial charge in [-0.15, -0.1) is 0 Å². The number of carbonyl (C=O) groups is 3. The van der Waals surface area contributed by atoms with Gasteiger partial charge in [0.2, 0.25) is 11.8 Å². The van der Waals surface area contributed by atoms with E-state index in [4.69, 9.17) is 17.3 Å². The van der Waals surface area contributed by atoms with Crippen LogP contribution in [0.2, 0.25) is 0 Å². The van der Waals surface area contributed by atoms with Crippen LogP contribution in [-0.4, -0.2) is 41.3 Å². The number of carbonyl (C=O) groups excluding carboxylic acids is 3. The van der Waals surface area contributed by atoms with Gasteiger partial charge >= 0.3 is 0 Å². The highest BCUT2D eigenvalue weighted by Crippen LogP contribution is 2.22. The average molecular weight is 406 g/mol. The number of aromatic hydroxyl groups is 1. The van der Waals surface area contributed by atoms with Gasteiger partial charge in [0.25, 0.3) is 0 Å². The molecule has 1 aromatic carbocycles. The molecule has 7 nitrogen and oxygen atoms in total. The first kappa shape index (κ1) is 21.7. The molecule has 0 saturated carbocycles. The number of phenolic OH excluding ortho intramolecular Hbond substituents is 1. The maximum Gasteiger partial charge on any atom is 0.242 e. The molecule has 1 aliphatic rings. The van der Waals surface area contributed by atoms with Gasteiger partial charge in [0.15, 0.2) is 5.78 Å². The minimum atomic E-state index is -0.848. The number of benzene rings is 1. The Kier molecular flexibility index (Phi) is 7.78. The Labute approximate surface area is 168 Å². The summed E-state index contributed by atoms with van der Waals surface area (Å²) in [5, 5.41) is 14.7. The number of hydrogen-bond donors (Lipinski definition) is 4. The van der Waals surface area contributed by atoms with E-state index >= 15 is 0 Å². The number of halogens is 1. The lowest BCUT2D eigenvalue weighted by molar-refractivity contribution is -0.129. The van der Waals surface area contributed by atoms with Crippen molar-refractivity contribution in [1.29, 1.82) is 0 Å². The summed E-state index contributed by atoms with van der Waals surface area (Å²) in [5.74, 6) is -1.08. The molecular weight excluding hydrogens is 382 g/mol. The molecule has 2 amide bonds. The summed E-state index contributed by atoms with van der Waals surface area (Å²) in [6.45, 7) is 1.33. The Bertz CT molecular complexity index is 802. The third kappa shape index (κ3) is 6.21. The molecule has 0 aromatic heterocycles. The van der Waals surface area contributed by atoms with E-state index < -0.39 is 23.9 Å². The number of rotatable bonds is 8. The summed E-state index contributed by atoms with van der Waals surface area (Å²) in [6, 6.07) is 4.67. The van der Waals surface area contributed by atoms with E-state index in [0.29, 0.717) is 17.0 Å². The van der Waals surface area contributed by atoms with Gasteiger partial charge in [-0.3, -0.25) is 14.4 Å². The fourth-order valence-corrected chi connectivity index (χ4v) is 2.99. The number of allylic oxidation sites excluding steroid dienone is 3. The molecule has 0 unspecified atom stereocenters. The molecule has 0 radical (unpaired) electrons. The monoisotopic (exact) mass is 405 g/mol. The summed E-state index contributed by atoms with van der Waals surface area (Å²) >= 11 is 6.01. The molecule has 2 atom stereocenters. The molecule has 0 heterocycles. The van der Waals surface area contributed by atoms with Gasteiger partial charge in [0.1, 0.15) is 11.8 Å². The minimum Gasteiger partial charge on any atom is -0.508 e. The van der Waals surface area contributed by atoms with E-state index in [1.54, 1.807) is 18.2 Å². The quantitative estimate of drug-likeness (QED) is 0.519. The van der Waals surface area contributed by atoms with Crippen LogP contribution < -0.4 is 16.4 Å². The van der Waals surface area contributed by atoms with Crippen LogP contribution in [0.25, 0.3) is 0 Å². The SMILES string of the molecule is C[C@@H](NC(=O)[C@@H](N)Cc1ccc(O)cc1)C(=O)NCC(=O)C1=C(Cl)C=CCC1. The van der Waals surface area contributed by atoms with E-state index in [0.717, 1.165) is 12.0 Å². The van der Waals surface area contributed by atoms with Gasteiger partial charge in [-0.1, -0.05) is 29.8 Å². The smallest absolute Gasteiger partial charge is 0.242 e. The molecule has 28 heavy (non-hydrogen) atoms. The predicted molar refractivity (Wildman–Crippen MR) is 107 cm³/mol. The Hall–Kier alpha value is -2.64. The van der Waals surface area contributed by atoms with E-state index in [-0.39, 0.29) is 24.5 Å². The average Bonchev–Trinajstić information content (AvgIpc) is 2.67. The zero-order valence-corrected chi connectivity index (χ0v) is 16.3. The van der Waals surface area contributed by atoms with Crippen LogP contribution in [-0.2, 0) is 20.8 Å². The number of ketones is 1. The highest BCUT2D eigenvalue weighted by Gasteiger charge is 2.22. The topological polar surface area (TPSA) is 122 Å². The van der Waals surface area contributed by atoms with Crippen LogP contribution in [0.4, 0.5) is 0 Å². The van der Waals surface area contributed by atoms with Gasteiger partial charge in [-0.2, -0.15) is 0 Å². The summed E-state index contributed by atoms with van der Waals surface area (Å²) in [5.41, 5.74) is 7.17. The number of Topliss-reactive ketones (excluding diaryl/α,β-unsaturated/α-hetero) is 1. The summed E-state index contributed by atoms with van der Waals surface area (Å²) in [7, 11) is 0. The van der Waals surface area contributed by atoms with Crippen molar-refractivity contribution in [3.63, 3.8) is 0 Å². The van der Waals surface area contributed by atoms with Crippen molar-refractivity contribution in [2.75, 3.05) is 6.54 Å². The van der Waals surface area contributed by atoms with Crippen molar-refractivity contribution >= 4 is 29.2 Å². The van der Waals surface area contributed by atoms with E-state index in [1.165, 1.54) is 19.1 Å². The van der Waals surface area contributed by atoms with Crippen molar-refractivity contribution in [2.24, 2.45) is 5.73 Å². The minimum absolute atomic E-state index is 0.128. The molecular formula is C20H24ClN3O4. The van der Waals surface area contributed by atoms with E-state index in [9.17, 15) is 19.5 Å². The van der Waals surface area contributed by atoms with E-state index in [2.05, 4.69) is 10.6 Å². The molecule has 150 valence electrons. The number of amides is 2. The number of nitrogens with one attached hydrogen (secondary N) is 2. The second-order valence-electron chi connectivity index (χ2n) is 6.62. The fraction of sp³-hybridized carbons (Fsp3) is 0.350. The number of nitrogens with two attached hydrogens (primary N) is 1. The van der Waals surface area contributed by atoms with Crippen molar-refractivity contribution in [3.05, 3.63) is 52.6 Å². The molecule has 0 saturated heterocycles. The molecule has 2 rings (SSSR count). The summed E-state index contributed by atoms with van der Waals surface area (Å²) in [4.78, 5) is 36.5. The standard InChI is InChI=1S/C20H24ClN3O4/c1-12(19(27)23-11-18(26)15-4-2-3-5-16(15)21)24-20(28)17(22)10-13-6-8-14(25)9-7-13/h3,5-9,12,17,25H,2,4,10-11,22H2,1H3,(H,23,27)(H,24,28)/t12-,17+/m1/s1. The second kappa shape index (κ2) is 10.1. The maximum atomic E-state index is 12.2. The van der Waals surface area contributed by atoms with Gasteiger partial charge < -0.3 is 21.5 Å². The molecule has 5 N–H and O–H groups in total. The number of hydrogen-bond acceptors (Lipinski definition) is 5. The highest BCUT2D eigenvalue weighted by atomic mass is 35.5. The second-order valence-corrected chi connectivity index (χ2v) is 7.02. The highest BCUT2D eigenvalue weighted by molar-refractivity contribution is 6.33. The van der Waals surface area contributed by atoms with Crippen molar-refractivity contribution in [3.8, 4) is 5.75 Å². The Morgan fingerprint density at radius 3 is 2.54 bits per heavy atom. The molecule has 0 fully saturated rings. The molecule has 0 bridgehead atoms.